The molecule has 1 aliphatic carbocycles. The van der Waals surface area contributed by atoms with Gasteiger partial charge in [-0.1, -0.05) is 115 Å². The van der Waals surface area contributed by atoms with E-state index in [1.807, 2.05) is 80.0 Å². The highest BCUT2D eigenvalue weighted by Gasteiger charge is 2.51. The van der Waals surface area contributed by atoms with Crippen LogP contribution in [0, 0.1) is 0 Å². The first-order chi connectivity index (χ1) is 25.2. The van der Waals surface area contributed by atoms with E-state index in [0.29, 0.717) is 17.5 Å². The number of benzene rings is 7. The fourth-order valence-corrected chi connectivity index (χ4v) is 7.97. The summed E-state index contributed by atoms with van der Waals surface area (Å²) >= 11 is 0. The Morgan fingerprint density at radius 3 is 1.82 bits per heavy atom. The Kier molecular flexibility index (Phi) is 6.55. The van der Waals surface area contributed by atoms with Crippen LogP contribution in [0.15, 0.2) is 163 Å². The molecule has 5 nitrogen and oxygen atoms in total. The molecule has 1 atom stereocenters. The predicted molar refractivity (Wildman–Crippen MR) is 205 cm³/mol. The van der Waals surface area contributed by atoms with Crippen LogP contribution in [0.5, 0.6) is 11.5 Å². The fraction of sp³-hybridized carbons (Fsp3) is 0.0435. The first-order valence-corrected chi connectivity index (χ1v) is 17.1. The third-order valence-corrected chi connectivity index (χ3v) is 10.2. The van der Waals surface area contributed by atoms with Gasteiger partial charge >= 0.3 is 0 Å². The largest absolute Gasteiger partial charge is 0.457 e. The lowest BCUT2D eigenvalue weighted by molar-refractivity contribution is 0.436. The lowest BCUT2D eigenvalue weighted by Crippen LogP contribution is -2.32. The van der Waals surface area contributed by atoms with Crippen molar-refractivity contribution in [1.82, 2.24) is 15.0 Å². The van der Waals surface area contributed by atoms with Gasteiger partial charge in [-0.05, 0) is 81.1 Å². The van der Waals surface area contributed by atoms with Crippen molar-refractivity contribution < 1.29 is 4.74 Å². The molecule has 7 aromatic carbocycles. The zero-order valence-corrected chi connectivity index (χ0v) is 27.8. The average molecular weight is 655 g/mol. The summed E-state index contributed by atoms with van der Waals surface area (Å²) < 4.78 is 6.62. The topological polar surface area (TPSA) is 60.3 Å². The number of fused-ring (bicyclic) bond motifs is 10. The third kappa shape index (κ3) is 4.48. The van der Waals surface area contributed by atoms with Crippen LogP contribution in [0.2, 0.25) is 0 Å². The molecule has 51 heavy (non-hydrogen) atoms. The van der Waals surface area contributed by atoms with E-state index in [-0.39, 0.29) is 0 Å². The maximum absolute atomic E-state index is 6.62. The predicted octanol–water partition coefficient (Wildman–Crippen LogP) is 10.5. The molecule has 0 bridgehead atoms. The number of para-hydroxylation sites is 1. The standard InChI is InChI=1S/C46H30N4O/c1-47-28-29-20-23-42-40(24-29)46(38-18-10-11-19-41(38)51-42)37-17-9-8-16-35(37)36-26-32-21-22-33(25-34(32)27-39(36)46)45-49-43(30-12-4-2-5-13-30)48-44(50-45)31-14-6-3-7-15-31/h2-28H,1H3/b47-28-. The van der Waals surface area contributed by atoms with E-state index in [2.05, 4.69) is 96.0 Å². The lowest BCUT2D eigenvalue weighted by Gasteiger charge is -2.39. The van der Waals surface area contributed by atoms with Gasteiger partial charge in [0.15, 0.2) is 17.5 Å². The van der Waals surface area contributed by atoms with Crippen molar-refractivity contribution in [1.29, 1.82) is 0 Å². The van der Waals surface area contributed by atoms with Gasteiger partial charge in [0.05, 0.1) is 5.41 Å². The second kappa shape index (κ2) is 11.4. The molecule has 2 aliphatic rings. The summed E-state index contributed by atoms with van der Waals surface area (Å²) in [4.78, 5) is 19.3. The molecule has 8 aromatic rings. The SMILES string of the molecule is C/N=C\c1ccc2c(c1)C1(c3ccccc3O2)c2ccccc2-c2cc3ccc(-c4nc(-c5ccccc5)nc(-c5ccccc5)n4)cc3cc21. The van der Waals surface area contributed by atoms with Crippen molar-refractivity contribution in [2.75, 3.05) is 7.05 Å². The van der Waals surface area contributed by atoms with Crippen molar-refractivity contribution in [3.8, 4) is 56.8 Å². The summed E-state index contributed by atoms with van der Waals surface area (Å²) in [5.41, 5.74) is 10.4. The van der Waals surface area contributed by atoms with E-state index in [0.717, 1.165) is 55.7 Å². The minimum absolute atomic E-state index is 0.591. The maximum atomic E-state index is 6.62. The quantitative estimate of drug-likeness (QED) is 0.177. The van der Waals surface area contributed by atoms with Crippen LogP contribution >= 0.6 is 0 Å². The summed E-state index contributed by atoms with van der Waals surface area (Å²) in [6, 6.07) is 55.1. The van der Waals surface area contributed by atoms with Gasteiger partial charge in [0, 0.05) is 41.1 Å². The van der Waals surface area contributed by atoms with Gasteiger partial charge in [0.25, 0.3) is 0 Å². The molecule has 0 amide bonds. The van der Waals surface area contributed by atoms with E-state index in [4.69, 9.17) is 19.7 Å². The van der Waals surface area contributed by atoms with Gasteiger partial charge in [-0.25, -0.2) is 15.0 Å². The highest BCUT2D eigenvalue weighted by atomic mass is 16.5. The van der Waals surface area contributed by atoms with Gasteiger partial charge in [0.2, 0.25) is 0 Å². The Morgan fingerprint density at radius 1 is 0.471 bits per heavy atom. The Bertz CT molecular complexity index is 2630. The molecule has 1 unspecified atom stereocenters. The second-order valence-electron chi connectivity index (χ2n) is 13.0. The minimum Gasteiger partial charge on any atom is -0.457 e. The minimum atomic E-state index is -0.591. The van der Waals surface area contributed by atoms with Gasteiger partial charge < -0.3 is 4.74 Å². The number of aromatic nitrogens is 3. The lowest BCUT2D eigenvalue weighted by atomic mass is 9.65. The van der Waals surface area contributed by atoms with E-state index >= 15 is 0 Å². The van der Waals surface area contributed by atoms with Gasteiger partial charge in [0.1, 0.15) is 11.5 Å². The maximum Gasteiger partial charge on any atom is 0.164 e. The molecule has 1 aromatic heterocycles. The monoisotopic (exact) mass is 654 g/mol. The highest BCUT2D eigenvalue weighted by molar-refractivity contribution is 5.98. The van der Waals surface area contributed by atoms with Crippen molar-refractivity contribution in [2.45, 2.75) is 5.41 Å². The molecule has 5 heteroatoms. The Balaban J connectivity index is 1.23. The van der Waals surface area contributed by atoms with Crippen molar-refractivity contribution in [3.05, 3.63) is 186 Å². The summed E-state index contributed by atoms with van der Waals surface area (Å²) in [7, 11) is 1.81. The van der Waals surface area contributed by atoms with Crippen LogP contribution in [-0.4, -0.2) is 28.2 Å². The summed E-state index contributed by atoms with van der Waals surface area (Å²) in [5, 5.41) is 2.26. The summed E-state index contributed by atoms with van der Waals surface area (Å²) in [5.74, 6) is 3.64. The summed E-state index contributed by atoms with van der Waals surface area (Å²) in [6.45, 7) is 0. The Labute approximate surface area is 295 Å². The fourth-order valence-electron chi connectivity index (χ4n) is 7.97. The normalized spacial score (nSPS) is 15.3. The Morgan fingerprint density at radius 2 is 1.10 bits per heavy atom. The van der Waals surface area contributed by atoms with E-state index < -0.39 is 5.41 Å². The first kappa shape index (κ1) is 29.2. The van der Waals surface area contributed by atoms with Crippen LogP contribution in [-0.2, 0) is 5.41 Å². The average Bonchev–Trinajstić information content (AvgIpc) is 3.47. The van der Waals surface area contributed by atoms with E-state index in [1.54, 1.807) is 0 Å². The zero-order chi connectivity index (χ0) is 33.9. The molecule has 2 heterocycles. The molecule has 0 saturated carbocycles. The first-order valence-electron chi connectivity index (χ1n) is 17.1. The molecule has 0 radical (unpaired) electrons. The molecule has 0 N–H and O–H groups in total. The van der Waals surface area contributed by atoms with E-state index in [1.165, 1.54) is 22.3 Å². The van der Waals surface area contributed by atoms with Crippen molar-refractivity contribution >= 4 is 17.0 Å². The number of aliphatic imine (C=N–C) groups is 1. The highest BCUT2D eigenvalue weighted by Crippen LogP contribution is 2.62. The van der Waals surface area contributed by atoms with Crippen LogP contribution < -0.4 is 4.74 Å². The van der Waals surface area contributed by atoms with Gasteiger partial charge in [-0.15, -0.1) is 0 Å². The number of rotatable bonds is 4. The summed E-state index contributed by atoms with van der Waals surface area (Å²) in [6.07, 6.45) is 1.91. The number of hydrogen-bond acceptors (Lipinski definition) is 5. The Hall–Kier alpha value is -6.72. The zero-order valence-electron chi connectivity index (χ0n) is 27.8. The molecule has 0 saturated heterocycles. The van der Waals surface area contributed by atoms with Crippen molar-refractivity contribution in [2.24, 2.45) is 4.99 Å². The van der Waals surface area contributed by atoms with E-state index in [9.17, 15) is 0 Å². The molecule has 10 rings (SSSR count). The molecule has 1 spiro atoms. The van der Waals surface area contributed by atoms with Crippen LogP contribution in [0.4, 0.5) is 0 Å². The van der Waals surface area contributed by atoms with Gasteiger partial charge in [-0.3, -0.25) is 4.99 Å². The van der Waals surface area contributed by atoms with Crippen molar-refractivity contribution in [3.63, 3.8) is 0 Å². The number of ether oxygens (including phenoxy) is 1. The molecule has 240 valence electrons. The number of hydrogen-bond donors (Lipinski definition) is 0. The molecule has 1 aliphatic heterocycles. The number of nitrogens with zero attached hydrogens (tertiary/aromatic N) is 4. The van der Waals surface area contributed by atoms with Crippen LogP contribution in [0.3, 0.4) is 0 Å². The smallest absolute Gasteiger partial charge is 0.164 e. The van der Waals surface area contributed by atoms with Gasteiger partial charge in [-0.2, -0.15) is 0 Å². The molecular weight excluding hydrogens is 625 g/mol. The third-order valence-electron chi connectivity index (χ3n) is 10.2. The van der Waals surface area contributed by atoms with Crippen LogP contribution in [0.25, 0.3) is 56.1 Å². The molecule has 0 fully saturated rings. The molecular formula is C46H30N4O. The second-order valence-corrected chi connectivity index (χ2v) is 13.0. The van der Waals surface area contributed by atoms with Crippen LogP contribution in [0.1, 0.15) is 27.8 Å².